The van der Waals surface area contributed by atoms with Crippen molar-refractivity contribution in [2.75, 3.05) is 19.6 Å². The molecular weight excluding hydrogens is 184 g/mol. The Balaban J connectivity index is 0.000000617. The van der Waals surface area contributed by atoms with Crippen LogP contribution < -0.4 is 6.15 Å². The molecule has 2 heteroatoms. The lowest BCUT2D eigenvalue weighted by Gasteiger charge is -2.30. The quantitative estimate of drug-likeness (QED) is 0.778. The van der Waals surface area contributed by atoms with Gasteiger partial charge in [0.15, 0.2) is 0 Å². The van der Waals surface area contributed by atoms with Crippen molar-refractivity contribution in [2.45, 2.75) is 52.9 Å². The van der Waals surface area contributed by atoms with E-state index in [1.54, 1.807) is 0 Å². The Morgan fingerprint density at radius 2 is 1.53 bits per heavy atom. The predicted octanol–water partition coefficient (Wildman–Crippen LogP) is 3.71. The smallest absolute Gasteiger partial charge is 0.00161 e. The average molecular weight is 214 g/mol. The van der Waals surface area contributed by atoms with Crippen molar-refractivity contribution in [3.63, 3.8) is 0 Å². The molecular formula is C13H30N2. The third-order valence-electron chi connectivity index (χ3n) is 3.43. The molecule has 0 bridgehead atoms. The Hall–Kier alpha value is -0.0800. The zero-order chi connectivity index (χ0) is 10.4. The summed E-state index contributed by atoms with van der Waals surface area (Å²) in [5.74, 6) is 2.10. The molecule has 15 heavy (non-hydrogen) atoms. The molecule has 1 heterocycles. The summed E-state index contributed by atoms with van der Waals surface area (Å²) in [6, 6.07) is 0. The van der Waals surface area contributed by atoms with Gasteiger partial charge in [-0.3, -0.25) is 0 Å². The van der Waals surface area contributed by atoms with Gasteiger partial charge in [0.25, 0.3) is 0 Å². The van der Waals surface area contributed by atoms with E-state index < -0.39 is 0 Å². The lowest BCUT2D eigenvalue weighted by molar-refractivity contribution is 0.188. The lowest BCUT2D eigenvalue weighted by atomic mass is 9.99. The molecule has 0 unspecified atom stereocenters. The van der Waals surface area contributed by atoms with Gasteiger partial charge in [0, 0.05) is 0 Å². The Bertz CT molecular complexity index is 135. The third kappa shape index (κ3) is 6.16. The molecule has 3 N–H and O–H groups in total. The highest BCUT2D eigenvalue weighted by Gasteiger charge is 2.23. The minimum atomic E-state index is 0. The number of likely N-dealkylation sites (tertiary alicyclic amines) is 1. The van der Waals surface area contributed by atoms with Gasteiger partial charge in [0.2, 0.25) is 0 Å². The Morgan fingerprint density at radius 1 is 1.00 bits per heavy atom. The lowest BCUT2D eigenvalue weighted by Crippen LogP contribution is -2.33. The summed E-state index contributed by atoms with van der Waals surface area (Å²) in [4.78, 5) is 2.66. The molecule has 0 aromatic heterocycles. The van der Waals surface area contributed by atoms with Gasteiger partial charge in [0.1, 0.15) is 0 Å². The van der Waals surface area contributed by atoms with Gasteiger partial charge in [0.05, 0.1) is 0 Å². The number of rotatable bonds is 3. The van der Waals surface area contributed by atoms with Gasteiger partial charge < -0.3 is 11.1 Å². The van der Waals surface area contributed by atoms with Crippen molar-refractivity contribution in [3.8, 4) is 0 Å². The van der Waals surface area contributed by atoms with Crippen molar-refractivity contribution in [1.82, 2.24) is 11.1 Å². The van der Waals surface area contributed by atoms with Gasteiger partial charge in [-0.1, -0.05) is 33.6 Å². The molecule has 0 spiro atoms. The minimum Gasteiger partial charge on any atom is -0.344 e. The summed E-state index contributed by atoms with van der Waals surface area (Å²) >= 11 is 0. The zero-order valence-corrected chi connectivity index (χ0v) is 11.0. The van der Waals surface area contributed by atoms with Gasteiger partial charge in [-0.2, -0.15) is 0 Å². The van der Waals surface area contributed by atoms with Crippen molar-refractivity contribution in [1.29, 1.82) is 0 Å². The predicted molar refractivity (Wildman–Crippen MR) is 68.5 cm³/mol. The van der Waals surface area contributed by atoms with Gasteiger partial charge >= 0.3 is 0 Å². The van der Waals surface area contributed by atoms with Crippen LogP contribution >= 0.6 is 0 Å². The summed E-state index contributed by atoms with van der Waals surface area (Å²) in [5, 5.41) is 0. The molecule has 2 fully saturated rings. The first kappa shape index (κ1) is 14.9. The Labute approximate surface area is 96.0 Å². The fraction of sp³-hybridized carbons (Fsp3) is 1.00. The van der Waals surface area contributed by atoms with Gasteiger partial charge in [-0.15, -0.1) is 0 Å². The highest BCUT2D eigenvalue weighted by Crippen LogP contribution is 2.32. The van der Waals surface area contributed by atoms with Crippen LogP contribution in [0.2, 0.25) is 0 Å². The summed E-state index contributed by atoms with van der Waals surface area (Å²) in [6.45, 7) is 10.5. The number of nitrogens with zero attached hydrogens (tertiary/aromatic N) is 1. The van der Waals surface area contributed by atoms with Crippen LogP contribution in [0.25, 0.3) is 0 Å². The molecule has 0 amide bonds. The molecule has 2 aliphatic rings. The molecule has 2 nitrogen and oxygen atoms in total. The van der Waals surface area contributed by atoms with Gasteiger partial charge in [-0.25, -0.2) is 0 Å². The summed E-state index contributed by atoms with van der Waals surface area (Å²) in [7, 11) is 0. The van der Waals surface area contributed by atoms with Crippen molar-refractivity contribution < 1.29 is 0 Å². The van der Waals surface area contributed by atoms with E-state index in [0.29, 0.717) is 0 Å². The van der Waals surface area contributed by atoms with Crippen LogP contribution in [0.5, 0.6) is 0 Å². The molecule has 0 atom stereocenters. The SMILES string of the molecule is CC.CC1CCN(CCC2CC2)CC1.N. The molecule has 1 aliphatic carbocycles. The summed E-state index contributed by atoms with van der Waals surface area (Å²) < 4.78 is 0. The first-order valence-electron chi connectivity index (χ1n) is 6.57. The van der Waals surface area contributed by atoms with Crippen LogP contribution in [0.1, 0.15) is 52.9 Å². The first-order valence-corrected chi connectivity index (χ1v) is 6.57. The van der Waals surface area contributed by atoms with Crippen molar-refractivity contribution in [3.05, 3.63) is 0 Å². The molecule has 1 saturated carbocycles. The van der Waals surface area contributed by atoms with Crippen LogP contribution in [-0.4, -0.2) is 24.5 Å². The maximum Gasteiger partial charge on any atom is -0.00161 e. The third-order valence-corrected chi connectivity index (χ3v) is 3.43. The van der Waals surface area contributed by atoms with E-state index in [-0.39, 0.29) is 6.15 Å². The maximum absolute atomic E-state index is 2.66. The molecule has 2 rings (SSSR count). The van der Waals surface area contributed by atoms with Crippen molar-refractivity contribution in [2.24, 2.45) is 11.8 Å². The molecule has 0 aromatic carbocycles. The van der Waals surface area contributed by atoms with Crippen LogP contribution in [0.15, 0.2) is 0 Å². The van der Waals surface area contributed by atoms with E-state index in [1.165, 1.54) is 51.7 Å². The number of piperidine rings is 1. The van der Waals surface area contributed by atoms with E-state index in [2.05, 4.69) is 11.8 Å². The van der Waals surface area contributed by atoms with Crippen molar-refractivity contribution >= 4 is 0 Å². The topological polar surface area (TPSA) is 38.2 Å². The highest BCUT2D eigenvalue weighted by atomic mass is 15.1. The van der Waals surface area contributed by atoms with E-state index in [9.17, 15) is 0 Å². The van der Waals surface area contributed by atoms with Crippen LogP contribution in [0, 0.1) is 11.8 Å². The van der Waals surface area contributed by atoms with E-state index >= 15 is 0 Å². The summed E-state index contributed by atoms with van der Waals surface area (Å²) in [6.07, 6.45) is 7.39. The van der Waals surface area contributed by atoms with Crippen LogP contribution in [0.4, 0.5) is 0 Å². The molecule has 1 saturated heterocycles. The Kier molecular flexibility index (Phi) is 8.07. The monoisotopic (exact) mass is 214 g/mol. The largest absolute Gasteiger partial charge is 0.344 e. The zero-order valence-electron chi connectivity index (χ0n) is 11.0. The maximum atomic E-state index is 2.66. The Morgan fingerprint density at radius 3 is 2.00 bits per heavy atom. The fourth-order valence-electron chi connectivity index (χ4n) is 2.06. The standard InChI is InChI=1S/C11H21N.C2H6.H3N/c1-10-4-7-12(8-5-10)9-6-11-2-3-11;1-2;/h10-11H,2-9H2,1H3;1-2H3;1H3. The normalized spacial score (nSPS) is 22.6. The van der Waals surface area contributed by atoms with Crippen LogP contribution in [-0.2, 0) is 0 Å². The number of hydrogen-bond donors (Lipinski definition) is 1. The van der Waals surface area contributed by atoms with Gasteiger partial charge in [-0.05, 0) is 50.7 Å². The second-order valence-corrected chi connectivity index (χ2v) is 4.76. The molecule has 0 radical (unpaired) electrons. The first-order chi connectivity index (χ1) is 6.84. The van der Waals surface area contributed by atoms with E-state index in [0.717, 1.165) is 11.8 Å². The summed E-state index contributed by atoms with van der Waals surface area (Å²) in [5.41, 5.74) is 0. The molecule has 1 aliphatic heterocycles. The second-order valence-electron chi connectivity index (χ2n) is 4.76. The van der Waals surface area contributed by atoms with E-state index in [1.807, 2.05) is 13.8 Å². The van der Waals surface area contributed by atoms with Crippen LogP contribution in [0.3, 0.4) is 0 Å². The molecule has 92 valence electrons. The fourth-order valence-corrected chi connectivity index (χ4v) is 2.06. The number of hydrogen-bond acceptors (Lipinski definition) is 2. The highest BCUT2D eigenvalue weighted by molar-refractivity contribution is 4.76. The second kappa shape index (κ2) is 8.12. The molecule has 0 aromatic rings. The minimum absolute atomic E-state index is 0. The van der Waals surface area contributed by atoms with E-state index in [4.69, 9.17) is 0 Å². The average Bonchev–Trinajstić information content (AvgIpc) is 3.04.